The highest BCUT2D eigenvalue weighted by molar-refractivity contribution is 6.30. The van der Waals surface area contributed by atoms with Crippen LogP contribution in [0.2, 0.25) is 5.02 Å². The normalized spacial score (nSPS) is 11.3. The van der Waals surface area contributed by atoms with Gasteiger partial charge < -0.3 is 5.32 Å². The maximum Gasteiger partial charge on any atom is 0.251 e. The molecule has 0 fully saturated rings. The SMILES string of the molecule is CC(C)C(=N)N(C=N)c1cc(C(=O)NC(C)(C)C)cc(-c2ccc(Cl)c(F)c2)c1. The van der Waals surface area contributed by atoms with Gasteiger partial charge in [-0.15, -0.1) is 0 Å². The summed E-state index contributed by atoms with van der Waals surface area (Å²) in [5.41, 5.74) is 1.52. The van der Waals surface area contributed by atoms with E-state index in [-0.39, 0.29) is 22.7 Å². The molecule has 1 amide bonds. The first-order chi connectivity index (χ1) is 13.4. The van der Waals surface area contributed by atoms with E-state index < -0.39 is 11.4 Å². The lowest BCUT2D eigenvalue weighted by atomic mass is 9.99. The second kappa shape index (κ2) is 8.74. The summed E-state index contributed by atoms with van der Waals surface area (Å²) in [5.74, 6) is -0.771. The van der Waals surface area contributed by atoms with E-state index in [1.165, 1.54) is 17.0 Å². The van der Waals surface area contributed by atoms with E-state index in [1.807, 2.05) is 34.6 Å². The summed E-state index contributed by atoms with van der Waals surface area (Å²) in [6.45, 7) is 9.34. The van der Waals surface area contributed by atoms with Crippen molar-refractivity contribution in [2.45, 2.75) is 40.2 Å². The fourth-order valence-corrected chi connectivity index (χ4v) is 2.82. The molecule has 2 rings (SSSR count). The van der Waals surface area contributed by atoms with Crippen LogP contribution >= 0.6 is 11.6 Å². The number of carbonyl (C=O) groups is 1. The number of benzene rings is 2. The third-order valence-corrected chi connectivity index (χ3v) is 4.44. The smallest absolute Gasteiger partial charge is 0.251 e. The Balaban J connectivity index is 2.65. The van der Waals surface area contributed by atoms with Crippen LogP contribution in [0, 0.1) is 22.6 Å². The van der Waals surface area contributed by atoms with Crippen LogP contribution in [-0.2, 0) is 0 Å². The predicted octanol–water partition coefficient (Wildman–Crippen LogP) is 5.72. The number of hydrogen-bond donors (Lipinski definition) is 3. The van der Waals surface area contributed by atoms with Crippen LogP contribution in [0.25, 0.3) is 11.1 Å². The number of carbonyl (C=O) groups excluding carboxylic acids is 1. The molecular formula is C22H26ClFN4O. The van der Waals surface area contributed by atoms with E-state index in [0.29, 0.717) is 22.4 Å². The Labute approximate surface area is 175 Å². The zero-order valence-corrected chi connectivity index (χ0v) is 18.0. The molecule has 0 saturated carbocycles. The first kappa shape index (κ1) is 22.6. The van der Waals surface area contributed by atoms with Gasteiger partial charge in [-0.1, -0.05) is 31.5 Å². The van der Waals surface area contributed by atoms with Gasteiger partial charge in [0, 0.05) is 22.7 Å². The van der Waals surface area contributed by atoms with Crippen molar-refractivity contribution >= 4 is 35.4 Å². The number of anilines is 1. The highest BCUT2D eigenvalue weighted by Gasteiger charge is 2.20. The Hall–Kier alpha value is -2.73. The van der Waals surface area contributed by atoms with Gasteiger partial charge >= 0.3 is 0 Å². The summed E-state index contributed by atoms with van der Waals surface area (Å²) in [4.78, 5) is 14.2. The molecule has 0 spiro atoms. The topological polar surface area (TPSA) is 80.0 Å². The molecule has 0 aromatic heterocycles. The molecule has 3 N–H and O–H groups in total. The number of nitrogens with one attached hydrogen (secondary N) is 3. The minimum absolute atomic E-state index is 0.0123. The molecule has 0 aliphatic heterocycles. The summed E-state index contributed by atoms with van der Waals surface area (Å²) >= 11 is 5.80. The second-order valence-corrected chi connectivity index (χ2v) is 8.55. The van der Waals surface area contributed by atoms with Crippen molar-refractivity contribution in [3.8, 4) is 11.1 Å². The van der Waals surface area contributed by atoms with Gasteiger partial charge in [0.1, 0.15) is 11.7 Å². The van der Waals surface area contributed by atoms with Gasteiger partial charge in [-0.25, -0.2) is 4.39 Å². The van der Waals surface area contributed by atoms with Crippen LogP contribution in [-0.4, -0.2) is 23.6 Å². The average molecular weight is 417 g/mol. The summed E-state index contributed by atoms with van der Waals surface area (Å²) < 4.78 is 14.0. The molecule has 0 radical (unpaired) electrons. The highest BCUT2D eigenvalue weighted by Crippen LogP contribution is 2.30. The number of nitrogens with zero attached hydrogens (tertiary/aromatic N) is 1. The molecule has 0 aliphatic rings. The summed E-state index contributed by atoms with van der Waals surface area (Å²) in [7, 11) is 0. The van der Waals surface area contributed by atoms with Crippen LogP contribution in [0.15, 0.2) is 36.4 Å². The summed E-state index contributed by atoms with van der Waals surface area (Å²) in [5, 5.41) is 19.0. The van der Waals surface area contributed by atoms with Crippen LogP contribution in [0.4, 0.5) is 10.1 Å². The summed E-state index contributed by atoms with van der Waals surface area (Å²) in [6, 6.07) is 9.43. The lowest BCUT2D eigenvalue weighted by Gasteiger charge is -2.25. The van der Waals surface area contributed by atoms with Crippen LogP contribution in [0.3, 0.4) is 0 Å². The van der Waals surface area contributed by atoms with Gasteiger partial charge in [-0.2, -0.15) is 0 Å². The third-order valence-electron chi connectivity index (χ3n) is 4.14. The van der Waals surface area contributed by atoms with Crippen molar-refractivity contribution in [3.63, 3.8) is 0 Å². The Kier molecular flexibility index (Phi) is 6.80. The van der Waals surface area contributed by atoms with E-state index in [4.69, 9.17) is 22.4 Å². The number of amides is 1. The summed E-state index contributed by atoms with van der Waals surface area (Å²) in [6.07, 6.45) is 1.04. The molecule has 5 nitrogen and oxygen atoms in total. The van der Waals surface area contributed by atoms with Gasteiger partial charge in [0.25, 0.3) is 5.91 Å². The monoisotopic (exact) mass is 416 g/mol. The molecule has 0 saturated heterocycles. The average Bonchev–Trinajstić information content (AvgIpc) is 2.62. The molecule has 0 bridgehead atoms. The number of amidine groups is 1. The molecule has 7 heteroatoms. The number of halogens is 2. The Morgan fingerprint density at radius 2 is 1.83 bits per heavy atom. The zero-order chi connectivity index (χ0) is 21.9. The number of rotatable bonds is 5. The van der Waals surface area contributed by atoms with Crippen molar-refractivity contribution < 1.29 is 9.18 Å². The second-order valence-electron chi connectivity index (χ2n) is 8.14. The minimum atomic E-state index is -0.561. The fourth-order valence-electron chi connectivity index (χ4n) is 2.70. The first-order valence-corrected chi connectivity index (χ1v) is 9.62. The van der Waals surface area contributed by atoms with Crippen molar-refractivity contribution in [2.24, 2.45) is 5.92 Å². The molecular weight excluding hydrogens is 391 g/mol. The maximum absolute atomic E-state index is 14.0. The van der Waals surface area contributed by atoms with E-state index in [1.54, 1.807) is 24.3 Å². The van der Waals surface area contributed by atoms with Crippen LogP contribution in [0.1, 0.15) is 45.0 Å². The van der Waals surface area contributed by atoms with Crippen LogP contribution < -0.4 is 10.2 Å². The van der Waals surface area contributed by atoms with Crippen LogP contribution in [0.5, 0.6) is 0 Å². The molecule has 2 aromatic rings. The highest BCUT2D eigenvalue weighted by atomic mass is 35.5. The maximum atomic E-state index is 14.0. The lowest BCUT2D eigenvalue weighted by molar-refractivity contribution is 0.0919. The molecule has 154 valence electrons. The van der Waals surface area contributed by atoms with Crippen molar-refractivity contribution in [1.82, 2.24) is 5.32 Å². The Morgan fingerprint density at radius 1 is 1.17 bits per heavy atom. The quantitative estimate of drug-likeness (QED) is 0.430. The first-order valence-electron chi connectivity index (χ1n) is 9.24. The molecule has 0 atom stereocenters. The molecule has 0 aliphatic carbocycles. The van der Waals surface area contributed by atoms with Gasteiger partial charge in [0.05, 0.1) is 11.4 Å². The van der Waals surface area contributed by atoms with Gasteiger partial charge in [-0.05, 0) is 62.2 Å². The predicted molar refractivity (Wildman–Crippen MR) is 118 cm³/mol. The molecule has 0 unspecified atom stereocenters. The standard InChI is InChI=1S/C22H26ClFN4O/c1-13(2)20(26)28(12-25)17-9-15(14-6-7-18(23)19(24)11-14)8-16(10-17)21(29)27-22(3,4)5/h6-13,25-26H,1-5H3,(H,27,29). The lowest BCUT2D eigenvalue weighted by Crippen LogP contribution is -2.40. The Bertz CT molecular complexity index is 950. The Morgan fingerprint density at radius 3 is 2.34 bits per heavy atom. The van der Waals surface area contributed by atoms with Crippen molar-refractivity contribution in [1.29, 1.82) is 10.8 Å². The van der Waals surface area contributed by atoms with E-state index in [9.17, 15) is 9.18 Å². The minimum Gasteiger partial charge on any atom is -0.347 e. The molecule has 29 heavy (non-hydrogen) atoms. The van der Waals surface area contributed by atoms with Crippen molar-refractivity contribution in [3.05, 3.63) is 52.8 Å². The molecule has 2 aromatic carbocycles. The zero-order valence-electron chi connectivity index (χ0n) is 17.2. The largest absolute Gasteiger partial charge is 0.347 e. The van der Waals surface area contributed by atoms with E-state index >= 15 is 0 Å². The van der Waals surface area contributed by atoms with Crippen molar-refractivity contribution in [2.75, 3.05) is 4.90 Å². The van der Waals surface area contributed by atoms with Gasteiger partial charge in [-0.3, -0.25) is 20.5 Å². The number of hydrogen-bond acceptors (Lipinski definition) is 3. The fraction of sp³-hybridized carbons (Fsp3) is 0.318. The van der Waals surface area contributed by atoms with E-state index in [0.717, 1.165) is 6.34 Å². The van der Waals surface area contributed by atoms with Gasteiger partial charge in [0.15, 0.2) is 0 Å². The van der Waals surface area contributed by atoms with E-state index in [2.05, 4.69) is 5.32 Å². The van der Waals surface area contributed by atoms with Gasteiger partial charge in [0.2, 0.25) is 0 Å². The molecule has 0 heterocycles. The third kappa shape index (κ3) is 5.64.